The van der Waals surface area contributed by atoms with Crippen LogP contribution in [0, 0.1) is 0 Å². The van der Waals surface area contributed by atoms with Gasteiger partial charge in [0.15, 0.2) is 5.79 Å². The van der Waals surface area contributed by atoms with E-state index in [1.807, 2.05) is 44.2 Å². The van der Waals surface area contributed by atoms with Gasteiger partial charge in [0.25, 0.3) is 0 Å². The third kappa shape index (κ3) is 5.66. The molecule has 0 amide bonds. The SMILES string of the molecule is CCOC(=O)/C=C/[C@@H](OCc1ccccc1)[C@H]1COC(CC)(CC)O1. The summed E-state index contributed by atoms with van der Waals surface area (Å²) in [5, 5.41) is 0. The van der Waals surface area contributed by atoms with Gasteiger partial charge in [-0.15, -0.1) is 0 Å². The maximum absolute atomic E-state index is 11.6. The van der Waals surface area contributed by atoms with Gasteiger partial charge in [-0.2, -0.15) is 0 Å². The van der Waals surface area contributed by atoms with Crippen LogP contribution in [0.4, 0.5) is 0 Å². The maximum Gasteiger partial charge on any atom is 0.330 e. The van der Waals surface area contributed by atoms with Crippen LogP contribution in [0.2, 0.25) is 0 Å². The lowest BCUT2D eigenvalue weighted by Crippen LogP contribution is -2.34. The fraction of sp³-hybridized carbons (Fsp3) is 0.550. The standard InChI is InChI=1S/C20H28O5/c1-4-20(5-2)24-15-18(25-20)17(12-13-19(21)22-6-3)23-14-16-10-8-7-9-11-16/h7-13,17-18H,4-6,14-15H2,1-3H3/b13-12+/t17-,18-/m1/s1. The van der Waals surface area contributed by atoms with Crippen LogP contribution in [0.5, 0.6) is 0 Å². The lowest BCUT2D eigenvalue weighted by atomic mass is 10.1. The van der Waals surface area contributed by atoms with Crippen molar-refractivity contribution in [2.24, 2.45) is 0 Å². The van der Waals surface area contributed by atoms with Crippen molar-refractivity contribution in [2.75, 3.05) is 13.2 Å². The molecule has 0 saturated carbocycles. The van der Waals surface area contributed by atoms with Crippen LogP contribution < -0.4 is 0 Å². The third-order valence-corrected chi connectivity index (χ3v) is 4.31. The number of rotatable bonds is 9. The van der Waals surface area contributed by atoms with E-state index in [9.17, 15) is 4.79 Å². The summed E-state index contributed by atoms with van der Waals surface area (Å²) in [7, 11) is 0. The Morgan fingerprint density at radius 3 is 2.60 bits per heavy atom. The molecule has 1 saturated heterocycles. The average Bonchev–Trinajstić information content (AvgIpc) is 3.08. The molecular formula is C20H28O5. The first-order valence-electron chi connectivity index (χ1n) is 8.94. The monoisotopic (exact) mass is 348 g/mol. The van der Waals surface area contributed by atoms with E-state index >= 15 is 0 Å². The highest BCUT2D eigenvalue weighted by molar-refractivity contribution is 5.81. The van der Waals surface area contributed by atoms with Gasteiger partial charge in [0, 0.05) is 6.08 Å². The molecule has 1 fully saturated rings. The van der Waals surface area contributed by atoms with Gasteiger partial charge < -0.3 is 18.9 Å². The van der Waals surface area contributed by atoms with Gasteiger partial charge in [0.2, 0.25) is 0 Å². The molecule has 0 unspecified atom stereocenters. The second kappa shape index (κ2) is 9.70. The number of benzene rings is 1. The van der Waals surface area contributed by atoms with E-state index in [-0.39, 0.29) is 18.2 Å². The normalized spacial score (nSPS) is 20.7. The van der Waals surface area contributed by atoms with Gasteiger partial charge >= 0.3 is 5.97 Å². The molecule has 5 nitrogen and oxygen atoms in total. The summed E-state index contributed by atoms with van der Waals surface area (Å²) in [5.74, 6) is -0.941. The van der Waals surface area contributed by atoms with Crippen molar-refractivity contribution in [3.8, 4) is 0 Å². The first kappa shape index (κ1) is 19.6. The summed E-state index contributed by atoms with van der Waals surface area (Å²) in [6, 6.07) is 9.90. The molecular weight excluding hydrogens is 320 g/mol. The van der Waals surface area contributed by atoms with E-state index in [0.29, 0.717) is 19.8 Å². The number of carbonyl (C=O) groups excluding carboxylic acids is 1. The Morgan fingerprint density at radius 2 is 2.00 bits per heavy atom. The minimum absolute atomic E-state index is 0.255. The maximum atomic E-state index is 11.6. The molecule has 0 bridgehead atoms. The molecule has 1 aromatic rings. The molecule has 2 atom stereocenters. The molecule has 1 aliphatic heterocycles. The molecule has 1 heterocycles. The lowest BCUT2D eigenvalue weighted by Gasteiger charge is -2.26. The van der Waals surface area contributed by atoms with Crippen LogP contribution in [0.15, 0.2) is 42.5 Å². The van der Waals surface area contributed by atoms with E-state index in [2.05, 4.69) is 0 Å². The van der Waals surface area contributed by atoms with Crippen molar-refractivity contribution in [3.63, 3.8) is 0 Å². The predicted molar refractivity (Wildman–Crippen MR) is 94.9 cm³/mol. The third-order valence-electron chi connectivity index (χ3n) is 4.31. The number of hydrogen-bond acceptors (Lipinski definition) is 5. The molecule has 0 aliphatic carbocycles. The van der Waals surface area contributed by atoms with Crippen LogP contribution in [-0.2, 0) is 30.3 Å². The molecule has 1 aromatic carbocycles. The number of esters is 1. The second-order valence-corrected chi connectivity index (χ2v) is 5.96. The van der Waals surface area contributed by atoms with Gasteiger partial charge in [0.1, 0.15) is 12.2 Å². The largest absolute Gasteiger partial charge is 0.463 e. The van der Waals surface area contributed by atoms with Gasteiger partial charge in [0.05, 0.1) is 19.8 Å². The fourth-order valence-electron chi connectivity index (χ4n) is 2.78. The molecule has 0 radical (unpaired) electrons. The highest BCUT2D eigenvalue weighted by Gasteiger charge is 2.41. The van der Waals surface area contributed by atoms with Crippen molar-refractivity contribution in [3.05, 3.63) is 48.0 Å². The van der Waals surface area contributed by atoms with Crippen molar-refractivity contribution >= 4 is 5.97 Å². The van der Waals surface area contributed by atoms with Gasteiger partial charge in [-0.25, -0.2) is 4.79 Å². The van der Waals surface area contributed by atoms with Crippen LogP contribution in [0.3, 0.4) is 0 Å². The lowest BCUT2D eigenvalue weighted by molar-refractivity contribution is -0.182. The molecule has 0 aromatic heterocycles. The summed E-state index contributed by atoms with van der Waals surface area (Å²) in [4.78, 5) is 11.6. The van der Waals surface area contributed by atoms with Crippen molar-refractivity contribution in [2.45, 2.75) is 58.2 Å². The Hall–Kier alpha value is -1.69. The predicted octanol–water partition coefficient (Wildman–Crippen LogP) is 3.62. The number of carbonyl (C=O) groups is 1. The zero-order valence-electron chi connectivity index (χ0n) is 15.3. The van der Waals surface area contributed by atoms with Gasteiger partial charge in [-0.3, -0.25) is 0 Å². The van der Waals surface area contributed by atoms with Crippen molar-refractivity contribution < 1.29 is 23.7 Å². The van der Waals surface area contributed by atoms with Crippen molar-refractivity contribution in [1.29, 1.82) is 0 Å². The molecule has 1 aliphatic rings. The zero-order valence-corrected chi connectivity index (χ0v) is 15.3. The first-order valence-corrected chi connectivity index (χ1v) is 8.94. The topological polar surface area (TPSA) is 54.0 Å². The van der Waals surface area contributed by atoms with E-state index in [1.54, 1.807) is 13.0 Å². The van der Waals surface area contributed by atoms with Crippen LogP contribution in [-0.4, -0.2) is 37.2 Å². The summed E-state index contributed by atoms with van der Waals surface area (Å²) >= 11 is 0. The van der Waals surface area contributed by atoms with Gasteiger partial charge in [-0.05, 0) is 31.4 Å². The molecule has 0 spiro atoms. The number of hydrogen-bond donors (Lipinski definition) is 0. The smallest absolute Gasteiger partial charge is 0.330 e. The average molecular weight is 348 g/mol. The Balaban J connectivity index is 2.05. The Bertz CT molecular complexity index is 550. The Labute approximate surface area is 149 Å². The van der Waals surface area contributed by atoms with Crippen LogP contribution >= 0.6 is 0 Å². The highest BCUT2D eigenvalue weighted by Crippen LogP contribution is 2.32. The number of ether oxygens (including phenoxy) is 4. The van der Waals surface area contributed by atoms with E-state index in [1.165, 1.54) is 6.08 Å². The highest BCUT2D eigenvalue weighted by atomic mass is 16.8. The fourth-order valence-corrected chi connectivity index (χ4v) is 2.78. The zero-order chi connectivity index (χ0) is 18.1. The quantitative estimate of drug-likeness (QED) is 0.504. The molecule has 5 heteroatoms. The van der Waals surface area contributed by atoms with E-state index in [4.69, 9.17) is 18.9 Å². The summed E-state index contributed by atoms with van der Waals surface area (Å²) < 4.78 is 23.0. The van der Waals surface area contributed by atoms with Gasteiger partial charge in [-0.1, -0.05) is 44.2 Å². The van der Waals surface area contributed by atoms with E-state index in [0.717, 1.165) is 18.4 Å². The Kier molecular flexibility index (Phi) is 7.62. The molecule has 2 rings (SSSR count). The summed E-state index contributed by atoms with van der Waals surface area (Å²) in [6.07, 6.45) is 4.01. The van der Waals surface area contributed by atoms with Crippen LogP contribution in [0.1, 0.15) is 39.2 Å². The van der Waals surface area contributed by atoms with Crippen LogP contribution in [0.25, 0.3) is 0 Å². The minimum Gasteiger partial charge on any atom is -0.463 e. The molecule has 0 N–H and O–H groups in total. The minimum atomic E-state index is -0.559. The second-order valence-electron chi connectivity index (χ2n) is 5.96. The molecule has 25 heavy (non-hydrogen) atoms. The first-order chi connectivity index (χ1) is 12.1. The molecule has 138 valence electrons. The van der Waals surface area contributed by atoms with Crippen molar-refractivity contribution in [1.82, 2.24) is 0 Å². The summed E-state index contributed by atoms with van der Waals surface area (Å²) in [5.41, 5.74) is 1.06. The Morgan fingerprint density at radius 1 is 1.28 bits per heavy atom. The summed E-state index contributed by atoms with van der Waals surface area (Å²) in [6.45, 7) is 7.08. The van der Waals surface area contributed by atoms with E-state index < -0.39 is 5.79 Å².